The molecule has 2 rings (SSSR count). The monoisotopic (exact) mass is 409 g/mol. The minimum absolute atomic E-state index is 0.0763. The second kappa shape index (κ2) is 8.11. The summed E-state index contributed by atoms with van der Waals surface area (Å²) in [5.74, 6) is -1.72. The van der Waals surface area contributed by atoms with Crippen LogP contribution in [0.3, 0.4) is 0 Å². The molecule has 0 saturated carbocycles. The third-order valence-corrected chi connectivity index (χ3v) is 5.51. The van der Waals surface area contributed by atoms with Crippen LogP contribution >= 0.6 is 0 Å². The van der Waals surface area contributed by atoms with E-state index in [0.717, 1.165) is 5.01 Å². The SMILES string of the molecule is CCCS(=O)(=O)NN(C(C)=O)c1cc(C(=O)OC)cc2c(C(C)=O)c(C)[nH]c12. The lowest BCUT2D eigenvalue weighted by Crippen LogP contribution is -2.46. The van der Waals surface area contributed by atoms with E-state index in [1.807, 2.05) is 0 Å². The number of carbonyl (C=O) groups excluding carboxylic acids is 3. The number of aryl methyl sites for hydroxylation is 1. The van der Waals surface area contributed by atoms with Gasteiger partial charge in [-0.1, -0.05) is 6.92 Å². The minimum Gasteiger partial charge on any atom is -0.465 e. The summed E-state index contributed by atoms with van der Waals surface area (Å²) in [5, 5.41) is 1.24. The quantitative estimate of drug-likeness (QED) is 0.410. The van der Waals surface area contributed by atoms with Crippen molar-refractivity contribution in [1.29, 1.82) is 0 Å². The van der Waals surface area contributed by atoms with Gasteiger partial charge in [-0.25, -0.2) is 18.2 Å². The van der Waals surface area contributed by atoms with Gasteiger partial charge in [-0.15, -0.1) is 4.83 Å². The van der Waals surface area contributed by atoms with Crippen molar-refractivity contribution >= 4 is 44.3 Å². The van der Waals surface area contributed by atoms with E-state index in [-0.39, 0.29) is 22.8 Å². The van der Waals surface area contributed by atoms with Gasteiger partial charge in [0, 0.05) is 23.6 Å². The Bertz CT molecular complexity index is 1050. The average molecular weight is 409 g/mol. The first-order valence-electron chi connectivity index (χ1n) is 8.58. The largest absolute Gasteiger partial charge is 0.465 e. The summed E-state index contributed by atoms with van der Waals surface area (Å²) in [6, 6.07) is 2.81. The van der Waals surface area contributed by atoms with Gasteiger partial charge in [0.1, 0.15) is 0 Å². The molecular weight excluding hydrogens is 386 g/mol. The van der Waals surface area contributed by atoms with E-state index in [1.165, 1.54) is 33.1 Å². The van der Waals surface area contributed by atoms with Gasteiger partial charge in [0.15, 0.2) is 5.78 Å². The molecule has 0 radical (unpaired) electrons. The number of hydrogen-bond acceptors (Lipinski definition) is 6. The fourth-order valence-electron chi connectivity index (χ4n) is 3.01. The molecular formula is C18H23N3O6S. The number of Topliss-reactive ketones (excluding diaryl/α,β-unsaturated/α-hetero) is 1. The Kier molecular flexibility index (Phi) is 6.25. The number of anilines is 1. The number of benzene rings is 1. The normalized spacial score (nSPS) is 11.5. The number of sulfonamides is 1. The van der Waals surface area contributed by atoms with Gasteiger partial charge in [0.2, 0.25) is 15.9 Å². The molecule has 0 saturated heterocycles. The molecule has 0 aliphatic heterocycles. The molecule has 10 heteroatoms. The highest BCUT2D eigenvalue weighted by Crippen LogP contribution is 2.32. The van der Waals surface area contributed by atoms with Crippen LogP contribution in [0.25, 0.3) is 10.9 Å². The molecule has 9 nitrogen and oxygen atoms in total. The van der Waals surface area contributed by atoms with Crippen molar-refractivity contribution in [2.45, 2.75) is 34.1 Å². The Morgan fingerprint density at radius 3 is 2.36 bits per heavy atom. The number of hydrazine groups is 1. The standard InChI is InChI=1S/C18H23N3O6S/c1-6-7-28(25,26)20-21(12(4)23)15-9-13(18(24)27-5)8-14-16(11(3)22)10(2)19-17(14)15/h8-9,19-20H,6-7H2,1-5H3. The Hall–Kier alpha value is -2.72. The lowest BCUT2D eigenvalue weighted by atomic mass is 10.0. The molecule has 0 atom stereocenters. The number of carbonyl (C=O) groups is 3. The Balaban J connectivity index is 2.82. The minimum atomic E-state index is -3.79. The van der Waals surface area contributed by atoms with Crippen LogP contribution < -0.4 is 9.84 Å². The summed E-state index contributed by atoms with van der Waals surface area (Å²) in [5.41, 5.74) is 1.41. The molecule has 2 aromatic rings. The van der Waals surface area contributed by atoms with Crippen LogP contribution in [-0.4, -0.2) is 43.9 Å². The molecule has 0 bridgehead atoms. The van der Waals surface area contributed by atoms with E-state index in [4.69, 9.17) is 4.74 Å². The van der Waals surface area contributed by atoms with Crippen LogP contribution in [-0.2, 0) is 19.6 Å². The number of hydrogen-bond donors (Lipinski definition) is 2. The molecule has 0 aliphatic rings. The van der Waals surface area contributed by atoms with Crippen LogP contribution in [0.1, 0.15) is 53.6 Å². The molecule has 0 spiro atoms. The maximum Gasteiger partial charge on any atom is 0.337 e. The lowest BCUT2D eigenvalue weighted by molar-refractivity contribution is -0.116. The number of aromatic nitrogens is 1. The predicted molar refractivity (Wildman–Crippen MR) is 105 cm³/mol. The van der Waals surface area contributed by atoms with Gasteiger partial charge in [0.05, 0.1) is 29.6 Å². The summed E-state index contributed by atoms with van der Waals surface area (Å²) in [4.78, 5) is 41.7. The van der Waals surface area contributed by atoms with Crippen molar-refractivity contribution in [2.75, 3.05) is 17.9 Å². The van der Waals surface area contributed by atoms with E-state index >= 15 is 0 Å². The maximum absolute atomic E-state index is 12.2. The molecule has 1 amide bonds. The second-order valence-corrected chi connectivity index (χ2v) is 8.18. The molecule has 152 valence electrons. The van der Waals surface area contributed by atoms with E-state index in [2.05, 4.69) is 9.82 Å². The number of fused-ring (bicyclic) bond motifs is 1. The fraction of sp³-hybridized carbons (Fsp3) is 0.389. The van der Waals surface area contributed by atoms with Gasteiger partial charge in [-0.05, 0) is 32.4 Å². The fourth-order valence-corrected chi connectivity index (χ4v) is 4.14. The molecule has 1 aromatic heterocycles. The first-order valence-corrected chi connectivity index (χ1v) is 10.2. The smallest absolute Gasteiger partial charge is 0.337 e. The third-order valence-electron chi connectivity index (χ3n) is 4.11. The van der Waals surface area contributed by atoms with Crippen LogP contribution in [0.15, 0.2) is 12.1 Å². The lowest BCUT2D eigenvalue weighted by Gasteiger charge is -2.23. The van der Waals surface area contributed by atoms with Crippen LogP contribution in [0.5, 0.6) is 0 Å². The zero-order valence-electron chi connectivity index (χ0n) is 16.4. The molecule has 1 aromatic carbocycles. The number of rotatable bonds is 7. The van der Waals surface area contributed by atoms with Crippen LogP contribution in [0, 0.1) is 6.92 Å². The van der Waals surface area contributed by atoms with Crippen molar-refractivity contribution in [1.82, 2.24) is 9.82 Å². The van der Waals surface area contributed by atoms with Gasteiger partial charge < -0.3 is 9.72 Å². The summed E-state index contributed by atoms with van der Waals surface area (Å²) in [6.07, 6.45) is 0.356. The van der Waals surface area contributed by atoms with Crippen molar-refractivity contribution in [3.8, 4) is 0 Å². The van der Waals surface area contributed by atoms with Crippen molar-refractivity contribution in [3.05, 3.63) is 29.0 Å². The first kappa shape index (κ1) is 21.6. The van der Waals surface area contributed by atoms with Gasteiger partial charge in [-0.3, -0.25) is 9.59 Å². The van der Waals surface area contributed by atoms with E-state index in [1.54, 1.807) is 13.8 Å². The van der Waals surface area contributed by atoms with E-state index in [9.17, 15) is 22.8 Å². The maximum atomic E-state index is 12.2. The highest BCUT2D eigenvalue weighted by Gasteiger charge is 2.26. The number of aromatic amines is 1. The zero-order chi connectivity index (χ0) is 21.2. The van der Waals surface area contributed by atoms with Gasteiger partial charge in [-0.2, -0.15) is 0 Å². The number of ether oxygens (including phenoxy) is 1. The zero-order valence-corrected chi connectivity index (χ0v) is 17.2. The second-order valence-electron chi connectivity index (χ2n) is 6.36. The summed E-state index contributed by atoms with van der Waals surface area (Å²) < 4.78 is 29.2. The number of nitrogens with one attached hydrogen (secondary N) is 2. The first-order chi connectivity index (χ1) is 13.0. The molecule has 0 aliphatic carbocycles. The summed E-state index contributed by atoms with van der Waals surface area (Å²) in [7, 11) is -2.59. The molecule has 0 fully saturated rings. The van der Waals surface area contributed by atoms with Gasteiger partial charge in [0.25, 0.3) is 0 Å². The van der Waals surface area contributed by atoms with E-state index in [0.29, 0.717) is 28.6 Å². The van der Waals surface area contributed by atoms with Crippen molar-refractivity contribution < 1.29 is 27.5 Å². The topological polar surface area (TPSA) is 126 Å². The number of H-pyrrole nitrogens is 1. The predicted octanol–water partition coefficient (Wildman–Crippen LogP) is 2.06. The highest BCUT2D eigenvalue weighted by molar-refractivity contribution is 7.89. The average Bonchev–Trinajstić information content (AvgIpc) is 2.93. The van der Waals surface area contributed by atoms with Gasteiger partial charge >= 0.3 is 5.97 Å². The number of ketones is 1. The number of esters is 1. The van der Waals surface area contributed by atoms with Crippen LogP contribution in [0.4, 0.5) is 5.69 Å². The number of amides is 1. The Labute approximate surface area is 163 Å². The molecule has 28 heavy (non-hydrogen) atoms. The van der Waals surface area contributed by atoms with Crippen molar-refractivity contribution in [3.63, 3.8) is 0 Å². The highest BCUT2D eigenvalue weighted by atomic mass is 32.2. The molecule has 2 N–H and O–H groups in total. The molecule has 1 heterocycles. The summed E-state index contributed by atoms with van der Waals surface area (Å²) >= 11 is 0. The van der Waals surface area contributed by atoms with Crippen LogP contribution in [0.2, 0.25) is 0 Å². The van der Waals surface area contributed by atoms with E-state index < -0.39 is 21.9 Å². The van der Waals surface area contributed by atoms with Crippen molar-refractivity contribution in [2.24, 2.45) is 0 Å². The number of methoxy groups -OCH3 is 1. The summed E-state index contributed by atoms with van der Waals surface area (Å²) in [6.45, 7) is 5.94. The number of nitrogens with zero attached hydrogens (tertiary/aromatic N) is 1. The third kappa shape index (κ3) is 4.23. The Morgan fingerprint density at radius 2 is 1.86 bits per heavy atom. The molecule has 0 unspecified atom stereocenters. The Morgan fingerprint density at radius 1 is 1.21 bits per heavy atom.